The molecule has 0 spiro atoms. The normalized spacial score (nSPS) is 12.1. The molecular weight excluding hydrogens is 414 g/mol. The van der Waals surface area contributed by atoms with E-state index < -0.39 is 0 Å². The first kappa shape index (κ1) is 20.3. The highest BCUT2D eigenvalue weighted by molar-refractivity contribution is 7.16. The fourth-order valence-electron chi connectivity index (χ4n) is 3.81. The van der Waals surface area contributed by atoms with Crippen LogP contribution in [-0.2, 0) is 0 Å². The van der Waals surface area contributed by atoms with Gasteiger partial charge in [0, 0.05) is 37.1 Å². The van der Waals surface area contributed by atoms with E-state index in [0.29, 0.717) is 0 Å². The van der Waals surface area contributed by atoms with Gasteiger partial charge in [-0.1, -0.05) is 24.3 Å². The van der Waals surface area contributed by atoms with Crippen molar-refractivity contribution in [2.45, 2.75) is 26.8 Å². The van der Waals surface area contributed by atoms with Gasteiger partial charge < -0.3 is 5.32 Å². The molecule has 0 aliphatic rings. The number of hydrogen-bond acceptors (Lipinski definition) is 6. The van der Waals surface area contributed by atoms with Crippen LogP contribution in [0.4, 0.5) is 5.82 Å². The van der Waals surface area contributed by atoms with Gasteiger partial charge in [-0.2, -0.15) is 0 Å². The predicted molar refractivity (Wildman–Crippen MR) is 134 cm³/mol. The Morgan fingerprint density at radius 3 is 2.69 bits per heavy atom. The van der Waals surface area contributed by atoms with Crippen LogP contribution in [-0.4, -0.2) is 19.9 Å². The first-order chi connectivity index (χ1) is 15.5. The lowest BCUT2D eigenvalue weighted by molar-refractivity contribution is 0.868. The van der Waals surface area contributed by atoms with E-state index in [-0.39, 0.29) is 7.47 Å². The third kappa shape index (κ3) is 4.22. The Morgan fingerprint density at radius 1 is 0.906 bits per heavy atom. The van der Waals surface area contributed by atoms with E-state index in [9.17, 15) is 0 Å². The second-order valence-corrected chi connectivity index (χ2v) is 8.85. The molecule has 160 valence electrons. The molecule has 1 atom stereocenters. The number of pyridine rings is 1. The summed E-state index contributed by atoms with van der Waals surface area (Å²) in [5.41, 5.74) is 9.48. The molecule has 0 bridgehead atoms. The van der Waals surface area contributed by atoms with Crippen molar-refractivity contribution < 1.29 is 1.43 Å². The van der Waals surface area contributed by atoms with Crippen LogP contribution in [0, 0.1) is 13.8 Å². The summed E-state index contributed by atoms with van der Waals surface area (Å²) in [4.78, 5) is 18.0. The van der Waals surface area contributed by atoms with Crippen LogP contribution >= 0.6 is 11.3 Å². The van der Waals surface area contributed by atoms with Gasteiger partial charge in [-0.3, -0.25) is 4.98 Å². The monoisotopic (exact) mass is 439 g/mol. The molecule has 0 radical (unpaired) electrons. The smallest absolute Gasteiger partial charge is 0.130 e. The van der Waals surface area contributed by atoms with Gasteiger partial charge in [-0.15, -0.1) is 11.3 Å². The van der Waals surface area contributed by atoms with Crippen LogP contribution in [0.2, 0.25) is 0 Å². The standard InChI is InChI=1S/C26H23N5S.H2/c1-16-9-22(14-27-13-16)20-6-4-5-19(10-20)17(2)29-26-12-24(30-18(3)31-26)21-7-8-23-25(11-21)32-15-28-23;/h4-15,17H,1-3H3,(H,29,30,31);1H/t17-;/m0./s1. The number of nitrogens with one attached hydrogen (secondary N) is 1. The first-order valence-electron chi connectivity index (χ1n) is 10.5. The molecule has 3 aromatic heterocycles. The van der Waals surface area contributed by atoms with Crippen LogP contribution in [0.5, 0.6) is 0 Å². The number of anilines is 1. The highest BCUT2D eigenvalue weighted by atomic mass is 32.1. The van der Waals surface area contributed by atoms with E-state index in [4.69, 9.17) is 0 Å². The summed E-state index contributed by atoms with van der Waals surface area (Å²) in [5.74, 6) is 1.55. The fourth-order valence-corrected chi connectivity index (χ4v) is 4.53. The molecule has 32 heavy (non-hydrogen) atoms. The highest BCUT2D eigenvalue weighted by Gasteiger charge is 2.11. The topological polar surface area (TPSA) is 63.6 Å². The van der Waals surface area contributed by atoms with Crippen LogP contribution in [0.15, 0.2) is 72.5 Å². The maximum absolute atomic E-state index is 4.66. The third-order valence-corrected chi connectivity index (χ3v) is 6.22. The van der Waals surface area contributed by atoms with Gasteiger partial charge >= 0.3 is 0 Å². The zero-order valence-electron chi connectivity index (χ0n) is 18.2. The number of nitrogens with zero attached hydrogens (tertiary/aromatic N) is 4. The first-order valence-corrected chi connectivity index (χ1v) is 11.4. The third-order valence-electron chi connectivity index (χ3n) is 5.42. The summed E-state index contributed by atoms with van der Waals surface area (Å²) in [6.07, 6.45) is 3.78. The van der Waals surface area contributed by atoms with Crippen molar-refractivity contribution in [3.8, 4) is 22.4 Å². The van der Waals surface area contributed by atoms with E-state index in [0.717, 1.165) is 49.8 Å². The molecular formula is C26H25N5S. The van der Waals surface area contributed by atoms with Crippen LogP contribution < -0.4 is 5.32 Å². The second-order valence-electron chi connectivity index (χ2n) is 7.96. The van der Waals surface area contributed by atoms with E-state index in [1.165, 1.54) is 5.56 Å². The average molecular weight is 440 g/mol. The molecule has 0 aliphatic carbocycles. The Kier molecular flexibility index (Phi) is 5.37. The van der Waals surface area contributed by atoms with Crippen molar-refractivity contribution in [3.63, 3.8) is 0 Å². The molecule has 0 fully saturated rings. The Hall–Kier alpha value is -3.64. The molecule has 0 unspecified atom stereocenters. The zero-order valence-corrected chi connectivity index (χ0v) is 19.0. The van der Waals surface area contributed by atoms with Crippen molar-refractivity contribution in [2.24, 2.45) is 0 Å². The quantitative estimate of drug-likeness (QED) is 0.324. The molecule has 6 heteroatoms. The zero-order chi connectivity index (χ0) is 22.1. The molecule has 2 aromatic carbocycles. The molecule has 0 saturated heterocycles. The van der Waals surface area contributed by atoms with E-state index in [2.05, 4.69) is 81.6 Å². The molecule has 1 N–H and O–H groups in total. The minimum absolute atomic E-state index is 0. The Bertz CT molecular complexity index is 1420. The number of benzene rings is 2. The van der Waals surface area contributed by atoms with Crippen molar-refractivity contribution >= 4 is 27.4 Å². The van der Waals surface area contributed by atoms with Gasteiger partial charge in [0.2, 0.25) is 0 Å². The average Bonchev–Trinajstić information content (AvgIpc) is 3.27. The molecule has 5 nitrogen and oxygen atoms in total. The van der Waals surface area contributed by atoms with Crippen molar-refractivity contribution in [3.05, 3.63) is 89.5 Å². The molecule has 0 saturated carbocycles. The number of thiazole rings is 1. The van der Waals surface area contributed by atoms with Gasteiger partial charge in [0.05, 0.1) is 21.4 Å². The van der Waals surface area contributed by atoms with E-state index >= 15 is 0 Å². The van der Waals surface area contributed by atoms with E-state index in [1.54, 1.807) is 11.3 Å². The van der Waals surface area contributed by atoms with Crippen LogP contribution in [0.3, 0.4) is 0 Å². The molecule has 3 heterocycles. The van der Waals surface area contributed by atoms with Gasteiger partial charge in [0.15, 0.2) is 0 Å². The minimum atomic E-state index is 0. The van der Waals surface area contributed by atoms with Crippen molar-refractivity contribution in [1.29, 1.82) is 0 Å². The lowest BCUT2D eigenvalue weighted by atomic mass is 10.0. The Labute approximate surface area is 192 Å². The van der Waals surface area contributed by atoms with Crippen molar-refractivity contribution in [2.75, 3.05) is 5.32 Å². The lowest BCUT2D eigenvalue weighted by Gasteiger charge is -2.17. The summed E-state index contributed by atoms with van der Waals surface area (Å²) in [6, 6.07) is 19.1. The SMILES string of the molecule is Cc1cncc(-c2cccc([C@H](C)Nc3cc(-c4ccc5ncsc5c4)nc(C)n3)c2)c1.[HH]. The van der Waals surface area contributed by atoms with Crippen molar-refractivity contribution in [1.82, 2.24) is 19.9 Å². The fraction of sp³-hybridized carbons (Fsp3) is 0.154. The maximum atomic E-state index is 4.66. The molecule has 0 amide bonds. The van der Waals surface area contributed by atoms with Gasteiger partial charge in [-0.05, 0) is 61.7 Å². The summed E-state index contributed by atoms with van der Waals surface area (Å²) in [6.45, 7) is 6.14. The Balaban J connectivity index is 0.00000259. The minimum Gasteiger partial charge on any atom is -0.363 e. The van der Waals surface area contributed by atoms with Gasteiger partial charge in [0.1, 0.15) is 11.6 Å². The summed E-state index contributed by atoms with van der Waals surface area (Å²) in [7, 11) is 0. The van der Waals surface area contributed by atoms with Gasteiger partial charge in [0.25, 0.3) is 0 Å². The van der Waals surface area contributed by atoms with E-state index in [1.807, 2.05) is 37.0 Å². The maximum Gasteiger partial charge on any atom is 0.130 e. The summed E-state index contributed by atoms with van der Waals surface area (Å²) < 4.78 is 1.16. The van der Waals surface area contributed by atoms with Gasteiger partial charge in [-0.25, -0.2) is 15.0 Å². The number of fused-ring (bicyclic) bond motifs is 1. The van der Waals surface area contributed by atoms with Crippen LogP contribution in [0.1, 0.15) is 31.3 Å². The number of hydrogen-bond donors (Lipinski definition) is 1. The summed E-state index contributed by atoms with van der Waals surface area (Å²) >= 11 is 1.64. The molecule has 5 rings (SSSR count). The number of rotatable bonds is 5. The lowest BCUT2D eigenvalue weighted by Crippen LogP contribution is -2.09. The highest BCUT2D eigenvalue weighted by Crippen LogP contribution is 2.28. The second kappa shape index (κ2) is 8.48. The predicted octanol–water partition coefficient (Wildman–Crippen LogP) is 6.85. The largest absolute Gasteiger partial charge is 0.363 e. The Morgan fingerprint density at radius 2 is 1.81 bits per heavy atom. The number of aromatic nitrogens is 4. The number of aryl methyl sites for hydroxylation is 2. The molecule has 5 aromatic rings. The van der Waals surface area contributed by atoms with Crippen LogP contribution in [0.25, 0.3) is 32.6 Å². The molecule has 0 aliphatic heterocycles. The summed E-state index contributed by atoms with van der Waals surface area (Å²) in [5, 5.41) is 3.55.